The van der Waals surface area contributed by atoms with Crippen LogP contribution in [0, 0.1) is 12.8 Å². The van der Waals surface area contributed by atoms with E-state index in [1.165, 1.54) is 25.7 Å². The molecule has 2 aliphatic rings. The van der Waals surface area contributed by atoms with Gasteiger partial charge in [0.25, 0.3) is 0 Å². The van der Waals surface area contributed by atoms with Crippen LogP contribution in [0.3, 0.4) is 0 Å². The van der Waals surface area contributed by atoms with Crippen molar-refractivity contribution in [2.75, 3.05) is 31.1 Å². The Morgan fingerprint density at radius 2 is 1.76 bits per heavy atom. The summed E-state index contributed by atoms with van der Waals surface area (Å²) in [6.45, 7) is 7.29. The molecule has 0 radical (unpaired) electrons. The lowest BCUT2D eigenvalue weighted by Gasteiger charge is -2.36. The van der Waals surface area contributed by atoms with Gasteiger partial charge in [-0.1, -0.05) is 50.8 Å². The first kappa shape index (κ1) is 22.8. The second-order valence-corrected chi connectivity index (χ2v) is 9.80. The van der Waals surface area contributed by atoms with E-state index >= 15 is 0 Å². The third-order valence-electron chi connectivity index (χ3n) is 7.38. The van der Waals surface area contributed by atoms with Gasteiger partial charge < -0.3 is 9.80 Å². The molecule has 1 saturated heterocycles. The van der Waals surface area contributed by atoms with E-state index < -0.39 is 0 Å². The standard InChI is InChI=1S/C27H36N6O/c1-3-9-23-28-26(25-20(2)30-33(27(25)29-23)22-12-5-4-6-13-22)32-18-16-31(17-19-32)24(34)15-14-21-10-7-8-11-21/h4-6,12-13,21H,3,7-11,14-19H2,1-2H3. The predicted molar refractivity (Wildman–Crippen MR) is 135 cm³/mol. The minimum Gasteiger partial charge on any atom is -0.352 e. The molecule has 180 valence electrons. The maximum atomic E-state index is 12.8. The monoisotopic (exact) mass is 460 g/mol. The Balaban J connectivity index is 1.37. The van der Waals surface area contributed by atoms with Gasteiger partial charge in [0.15, 0.2) is 5.65 Å². The Morgan fingerprint density at radius 3 is 2.47 bits per heavy atom. The predicted octanol–water partition coefficient (Wildman–Crippen LogP) is 4.70. The maximum Gasteiger partial charge on any atom is 0.222 e. The summed E-state index contributed by atoms with van der Waals surface area (Å²) in [6.07, 6.45) is 8.88. The molecular weight excluding hydrogens is 424 g/mol. The van der Waals surface area contributed by atoms with Crippen molar-refractivity contribution in [2.45, 2.75) is 65.2 Å². The first-order valence-electron chi connectivity index (χ1n) is 13.0. The van der Waals surface area contributed by atoms with Crippen LogP contribution in [0.1, 0.15) is 63.4 Å². The van der Waals surface area contributed by atoms with Gasteiger partial charge >= 0.3 is 0 Å². The van der Waals surface area contributed by atoms with Crippen molar-refractivity contribution in [1.29, 1.82) is 0 Å². The van der Waals surface area contributed by atoms with Gasteiger partial charge in [-0.3, -0.25) is 4.79 Å². The topological polar surface area (TPSA) is 67.2 Å². The lowest BCUT2D eigenvalue weighted by molar-refractivity contribution is -0.131. The van der Waals surface area contributed by atoms with Crippen LogP contribution in [0.2, 0.25) is 0 Å². The minimum absolute atomic E-state index is 0.319. The van der Waals surface area contributed by atoms with Crippen molar-refractivity contribution < 1.29 is 4.79 Å². The van der Waals surface area contributed by atoms with Crippen molar-refractivity contribution in [3.05, 3.63) is 41.9 Å². The Morgan fingerprint density at radius 1 is 1.03 bits per heavy atom. The highest BCUT2D eigenvalue weighted by Crippen LogP contribution is 2.31. The zero-order valence-corrected chi connectivity index (χ0v) is 20.5. The Hall–Kier alpha value is -2.96. The smallest absolute Gasteiger partial charge is 0.222 e. The van der Waals surface area contributed by atoms with E-state index in [0.717, 1.165) is 85.4 Å². The summed E-state index contributed by atoms with van der Waals surface area (Å²) in [5, 5.41) is 5.86. The molecule has 3 aromatic rings. The van der Waals surface area contributed by atoms with Crippen LogP contribution in [-0.4, -0.2) is 56.7 Å². The average Bonchev–Trinajstić information content (AvgIpc) is 3.51. The summed E-state index contributed by atoms with van der Waals surface area (Å²) < 4.78 is 1.94. The van der Waals surface area contributed by atoms with E-state index in [0.29, 0.717) is 12.3 Å². The molecule has 2 aromatic heterocycles. The second kappa shape index (κ2) is 10.1. The molecule has 34 heavy (non-hydrogen) atoms. The van der Waals surface area contributed by atoms with Gasteiger partial charge in [-0.25, -0.2) is 14.6 Å². The molecule has 7 heteroatoms. The highest BCUT2D eigenvalue weighted by molar-refractivity contribution is 5.91. The number of rotatable bonds is 7. The minimum atomic E-state index is 0.319. The number of fused-ring (bicyclic) bond motifs is 1. The molecule has 1 aliphatic heterocycles. The Labute approximate surface area is 202 Å². The fourth-order valence-electron chi connectivity index (χ4n) is 5.47. The molecule has 0 N–H and O–H groups in total. The first-order chi connectivity index (χ1) is 16.6. The molecule has 5 rings (SSSR count). The zero-order chi connectivity index (χ0) is 23.5. The van der Waals surface area contributed by atoms with Gasteiger partial charge in [-0.05, 0) is 37.8 Å². The van der Waals surface area contributed by atoms with Crippen LogP contribution < -0.4 is 4.90 Å². The van der Waals surface area contributed by atoms with E-state index in [1.54, 1.807) is 0 Å². The molecule has 2 fully saturated rings. The van der Waals surface area contributed by atoms with Crippen LogP contribution in [0.5, 0.6) is 0 Å². The number of nitrogens with zero attached hydrogens (tertiary/aromatic N) is 6. The van der Waals surface area contributed by atoms with Crippen molar-refractivity contribution >= 4 is 22.8 Å². The number of amides is 1. The van der Waals surface area contributed by atoms with E-state index in [2.05, 4.69) is 28.9 Å². The van der Waals surface area contributed by atoms with E-state index in [-0.39, 0.29) is 0 Å². The molecule has 0 spiro atoms. The van der Waals surface area contributed by atoms with Crippen molar-refractivity contribution in [2.24, 2.45) is 5.92 Å². The molecule has 0 unspecified atom stereocenters. The number of carbonyl (C=O) groups excluding carboxylic acids is 1. The SMILES string of the molecule is CCCc1nc(N2CCN(C(=O)CCC3CCCC3)CC2)c2c(C)nn(-c3ccccc3)c2n1. The molecular formula is C27H36N6O. The maximum absolute atomic E-state index is 12.8. The van der Waals surface area contributed by atoms with Crippen molar-refractivity contribution in [3.63, 3.8) is 0 Å². The fourth-order valence-corrected chi connectivity index (χ4v) is 5.47. The molecule has 1 aliphatic carbocycles. The second-order valence-electron chi connectivity index (χ2n) is 9.80. The number of aryl methyl sites for hydroxylation is 2. The number of aromatic nitrogens is 4. The summed E-state index contributed by atoms with van der Waals surface area (Å²) in [6, 6.07) is 10.2. The van der Waals surface area contributed by atoms with E-state index in [9.17, 15) is 4.79 Å². The van der Waals surface area contributed by atoms with Gasteiger partial charge in [0.05, 0.1) is 16.8 Å². The highest BCUT2D eigenvalue weighted by Gasteiger charge is 2.27. The average molecular weight is 461 g/mol. The quantitative estimate of drug-likeness (QED) is 0.511. The zero-order valence-electron chi connectivity index (χ0n) is 20.5. The number of hydrogen-bond acceptors (Lipinski definition) is 5. The summed E-state index contributed by atoms with van der Waals surface area (Å²) in [5.74, 6) is 2.91. The molecule has 1 saturated carbocycles. The van der Waals surface area contributed by atoms with E-state index in [4.69, 9.17) is 15.1 Å². The number of anilines is 1. The number of piperazine rings is 1. The summed E-state index contributed by atoms with van der Waals surface area (Å²) in [7, 11) is 0. The van der Waals surface area contributed by atoms with Crippen LogP contribution in [0.25, 0.3) is 16.7 Å². The lowest BCUT2D eigenvalue weighted by Crippen LogP contribution is -2.49. The number of para-hydroxylation sites is 1. The third kappa shape index (κ3) is 4.65. The normalized spacial score (nSPS) is 17.1. The molecule has 0 atom stereocenters. The molecule has 0 bridgehead atoms. The number of benzene rings is 1. The largest absolute Gasteiger partial charge is 0.352 e. The Bertz CT molecular complexity index is 1130. The van der Waals surface area contributed by atoms with Gasteiger partial charge in [0.1, 0.15) is 11.6 Å². The van der Waals surface area contributed by atoms with Crippen LogP contribution in [-0.2, 0) is 11.2 Å². The fraction of sp³-hybridized carbons (Fsp3) is 0.556. The van der Waals surface area contributed by atoms with Gasteiger partial charge in [-0.2, -0.15) is 5.10 Å². The van der Waals surface area contributed by atoms with Gasteiger partial charge in [0.2, 0.25) is 5.91 Å². The molecule has 1 amide bonds. The van der Waals surface area contributed by atoms with Crippen molar-refractivity contribution in [1.82, 2.24) is 24.6 Å². The molecule has 3 heterocycles. The highest BCUT2D eigenvalue weighted by atomic mass is 16.2. The lowest BCUT2D eigenvalue weighted by atomic mass is 10.0. The summed E-state index contributed by atoms with van der Waals surface area (Å²) >= 11 is 0. The van der Waals surface area contributed by atoms with Gasteiger partial charge in [-0.15, -0.1) is 0 Å². The van der Waals surface area contributed by atoms with Crippen molar-refractivity contribution in [3.8, 4) is 5.69 Å². The Kier molecular flexibility index (Phi) is 6.79. The molecule has 7 nitrogen and oxygen atoms in total. The number of carbonyl (C=O) groups is 1. The number of hydrogen-bond donors (Lipinski definition) is 0. The molecule has 1 aromatic carbocycles. The van der Waals surface area contributed by atoms with Crippen LogP contribution in [0.15, 0.2) is 30.3 Å². The van der Waals surface area contributed by atoms with Crippen LogP contribution >= 0.6 is 0 Å². The first-order valence-corrected chi connectivity index (χ1v) is 13.0. The third-order valence-corrected chi connectivity index (χ3v) is 7.38. The van der Waals surface area contributed by atoms with Gasteiger partial charge in [0, 0.05) is 39.0 Å². The summed E-state index contributed by atoms with van der Waals surface area (Å²) in [5.41, 5.74) is 2.81. The summed E-state index contributed by atoms with van der Waals surface area (Å²) in [4.78, 5) is 27.1. The van der Waals surface area contributed by atoms with Crippen LogP contribution in [0.4, 0.5) is 5.82 Å². The van der Waals surface area contributed by atoms with E-state index in [1.807, 2.05) is 29.8 Å².